The Balaban J connectivity index is 1.52. The van der Waals surface area contributed by atoms with E-state index in [4.69, 9.17) is 11.3 Å². The number of carbonyl (C=O) groups is 1. The first-order valence-corrected chi connectivity index (χ1v) is 12.8. The number of amides is 1. The van der Waals surface area contributed by atoms with E-state index in [2.05, 4.69) is 20.0 Å². The van der Waals surface area contributed by atoms with Gasteiger partial charge in [0.05, 0.1) is 12.3 Å². The van der Waals surface area contributed by atoms with E-state index < -0.39 is 11.7 Å². The van der Waals surface area contributed by atoms with Gasteiger partial charge >= 0.3 is 11.8 Å². The molecule has 1 fully saturated rings. The largest absolute Gasteiger partial charge is 0.444 e. The van der Waals surface area contributed by atoms with Crippen molar-refractivity contribution < 1.29 is 9.53 Å². The Morgan fingerprint density at radius 2 is 2.00 bits per heavy atom. The first-order valence-electron chi connectivity index (χ1n) is 12.8. The number of hydrogen-bond acceptors (Lipinski definition) is 5. The van der Waals surface area contributed by atoms with Crippen molar-refractivity contribution in [3.8, 4) is 0 Å². The molecule has 0 radical (unpaired) electrons. The predicted octanol–water partition coefficient (Wildman–Crippen LogP) is 4.98. The molecule has 0 aliphatic carbocycles. The number of imidazole rings is 1. The second kappa shape index (κ2) is 9.86. The van der Waals surface area contributed by atoms with Gasteiger partial charge in [-0.15, -0.1) is 0 Å². The molecule has 1 N–H and O–H groups in total. The number of anilines is 1. The van der Waals surface area contributed by atoms with E-state index in [9.17, 15) is 9.59 Å². The number of hydrogen-bond donors (Lipinski definition) is 1. The van der Waals surface area contributed by atoms with Gasteiger partial charge in [-0.3, -0.25) is 9.13 Å². The lowest BCUT2D eigenvalue weighted by atomic mass is 10.0. The summed E-state index contributed by atoms with van der Waals surface area (Å²) in [4.78, 5) is 36.4. The van der Waals surface area contributed by atoms with E-state index in [1.54, 1.807) is 22.4 Å². The first kappa shape index (κ1) is 25.3. The van der Waals surface area contributed by atoms with Gasteiger partial charge in [-0.25, -0.2) is 19.4 Å². The summed E-state index contributed by atoms with van der Waals surface area (Å²) in [7, 11) is 1.72. The number of carbonyl (C=O) groups excluding carboxylic acids is 1. The lowest BCUT2D eigenvalue weighted by Gasteiger charge is -2.35. The van der Waals surface area contributed by atoms with Crippen LogP contribution in [-0.4, -0.2) is 44.9 Å². The molecule has 0 spiro atoms. The van der Waals surface area contributed by atoms with Crippen molar-refractivity contribution in [2.75, 3.05) is 18.0 Å². The van der Waals surface area contributed by atoms with Crippen molar-refractivity contribution in [2.45, 2.75) is 51.8 Å². The number of nitrogens with zero attached hydrogens (tertiary/aromatic N) is 5. The Bertz CT molecular complexity index is 1620. The van der Waals surface area contributed by atoms with Gasteiger partial charge in [0.1, 0.15) is 11.1 Å². The number of fused-ring (bicyclic) bond motifs is 2. The number of benzene rings is 2. The fraction of sp³-hybridized carbons (Fsp3) is 0.379. The molecule has 9 nitrogen and oxygen atoms in total. The summed E-state index contributed by atoms with van der Waals surface area (Å²) in [6.45, 7) is 15.0. The van der Waals surface area contributed by atoms with Gasteiger partial charge in [-0.05, 0) is 56.0 Å². The van der Waals surface area contributed by atoms with Gasteiger partial charge in [-0.1, -0.05) is 36.4 Å². The predicted molar refractivity (Wildman–Crippen MR) is 149 cm³/mol. The van der Waals surface area contributed by atoms with E-state index in [0.29, 0.717) is 17.9 Å². The number of aromatic nitrogens is 3. The van der Waals surface area contributed by atoms with Crippen LogP contribution in [0.5, 0.6) is 0 Å². The fourth-order valence-electron chi connectivity index (χ4n) is 5.22. The maximum Gasteiger partial charge on any atom is 0.407 e. The molecule has 1 amide bonds. The van der Waals surface area contributed by atoms with E-state index in [0.717, 1.165) is 46.9 Å². The van der Waals surface area contributed by atoms with Gasteiger partial charge in [0.2, 0.25) is 0 Å². The lowest BCUT2D eigenvalue weighted by Crippen LogP contribution is -2.49. The summed E-state index contributed by atoms with van der Waals surface area (Å²) in [6, 6.07) is 13.6. The third-order valence-corrected chi connectivity index (χ3v) is 6.90. The maximum atomic E-state index is 13.4. The van der Waals surface area contributed by atoms with Crippen LogP contribution in [0.15, 0.2) is 53.5 Å². The third kappa shape index (κ3) is 4.82. The molecule has 4 aromatic rings. The van der Waals surface area contributed by atoms with Crippen molar-refractivity contribution in [2.24, 2.45) is 7.05 Å². The van der Waals surface area contributed by atoms with Crippen LogP contribution in [0.1, 0.15) is 39.2 Å². The summed E-state index contributed by atoms with van der Waals surface area (Å²) < 4.78 is 8.72. The van der Waals surface area contributed by atoms with Gasteiger partial charge < -0.3 is 15.0 Å². The topological polar surface area (TPSA) is 85.8 Å². The molecule has 1 aliphatic heterocycles. The van der Waals surface area contributed by atoms with Crippen molar-refractivity contribution in [3.63, 3.8) is 0 Å². The molecule has 1 atom stereocenters. The van der Waals surface area contributed by atoms with Gasteiger partial charge in [-0.2, -0.15) is 0 Å². The monoisotopic (exact) mass is 512 g/mol. The Hall–Kier alpha value is -4.32. The zero-order valence-electron chi connectivity index (χ0n) is 22.2. The summed E-state index contributed by atoms with van der Waals surface area (Å²) in [5.74, 6) is 0. The van der Waals surface area contributed by atoms with E-state index in [1.807, 2.05) is 63.2 Å². The molecular formula is C29H32N6O3. The number of ether oxygens (including phenoxy) is 1. The third-order valence-electron chi connectivity index (χ3n) is 6.90. The molecule has 1 saturated heterocycles. The van der Waals surface area contributed by atoms with Crippen LogP contribution in [0.25, 0.3) is 26.8 Å². The van der Waals surface area contributed by atoms with Gasteiger partial charge in [0.25, 0.3) is 0 Å². The van der Waals surface area contributed by atoms with Crippen LogP contribution in [0.3, 0.4) is 0 Å². The second-order valence-electron chi connectivity index (χ2n) is 10.8. The highest BCUT2D eigenvalue weighted by molar-refractivity contribution is 5.96. The highest BCUT2D eigenvalue weighted by Crippen LogP contribution is 2.33. The Kier molecular flexibility index (Phi) is 6.57. The van der Waals surface area contributed by atoms with E-state index in [1.165, 1.54) is 0 Å². The Morgan fingerprint density at radius 1 is 1.21 bits per heavy atom. The molecule has 9 heteroatoms. The minimum absolute atomic E-state index is 0.0834. The number of rotatable bonds is 4. The molecule has 1 aliphatic rings. The summed E-state index contributed by atoms with van der Waals surface area (Å²) in [5.41, 5.74) is 2.77. The number of aryl methyl sites for hydroxylation is 1. The number of nitrogens with one attached hydrogen (secondary N) is 1. The molecule has 5 rings (SSSR count). The minimum Gasteiger partial charge on any atom is -0.444 e. The molecule has 38 heavy (non-hydrogen) atoms. The van der Waals surface area contributed by atoms with Crippen LogP contribution in [-0.2, 0) is 18.3 Å². The maximum absolute atomic E-state index is 13.4. The molecule has 2 aromatic heterocycles. The molecule has 0 bridgehead atoms. The zero-order valence-corrected chi connectivity index (χ0v) is 22.2. The summed E-state index contributed by atoms with van der Waals surface area (Å²) >= 11 is 0. The van der Waals surface area contributed by atoms with Crippen LogP contribution in [0.4, 0.5) is 16.2 Å². The van der Waals surface area contributed by atoms with Crippen LogP contribution < -0.4 is 15.9 Å². The van der Waals surface area contributed by atoms with Crippen LogP contribution >= 0.6 is 0 Å². The molecule has 2 aromatic carbocycles. The van der Waals surface area contributed by atoms with E-state index in [-0.39, 0.29) is 18.3 Å². The number of piperidine rings is 1. The first-order chi connectivity index (χ1) is 18.2. The molecule has 0 saturated carbocycles. The zero-order chi connectivity index (χ0) is 27.0. The number of alkyl carbamates (subject to hydrolysis) is 1. The quantitative estimate of drug-likeness (QED) is 0.390. The van der Waals surface area contributed by atoms with E-state index >= 15 is 0 Å². The fourth-order valence-corrected chi connectivity index (χ4v) is 5.22. The normalized spacial score (nSPS) is 16.0. The van der Waals surface area contributed by atoms with Crippen LogP contribution in [0, 0.1) is 6.57 Å². The van der Waals surface area contributed by atoms with Crippen molar-refractivity contribution in [1.29, 1.82) is 0 Å². The summed E-state index contributed by atoms with van der Waals surface area (Å²) in [5, 5.41) is 4.87. The molecule has 0 unspecified atom stereocenters. The lowest BCUT2D eigenvalue weighted by molar-refractivity contribution is 0.0500. The molecular weight excluding hydrogens is 480 g/mol. The smallest absolute Gasteiger partial charge is 0.407 e. The van der Waals surface area contributed by atoms with Crippen molar-refractivity contribution >= 4 is 39.4 Å². The van der Waals surface area contributed by atoms with Crippen molar-refractivity contribution in [1.82, 2.24) is 19.4 Å². The van der Waals surface area contributed by atoms with Gasteiger partial charge in [0.15, 0.2) is 11.3 Å². The highest BCUT2D eigenvalue weighted by Gasteiger charge is 2.27. The van der Waals surface area contributed by atoms with Crippen LogP contribution in [0.2, 0.25) is 0 Å². The molecule has 196 valence electrons. The SMILES string of the molecule is [C-]#[N+]c1c(Cn2c(=O)n(C)c3nccc(N4CCC[C@@H](NC(=O)OC(C)(C)C)C4)c32)ccc2ccccc12. The Labute approximate surface area is 221 Å². The van der Waals surface area contributed by atoms with Crippen molar-refractivity contribution in [3.05, 3.63) is 76.1 Å². The highest BCUT2D eigenvalue weighted by atomic mass is 16.6. The summed E-state index contributed by atoms with van der Waals surface area (Å²) in [6.07, 6.45) is 3.02. The number of pyridine rings is 1. The molecule has 3 heterocycles. The average molecular weight is 513 g/mol. The minimum atomic E-state index is -0.567. The van der Waals surface area contributed by atoms with Gasteiger partial charge in [0, 0.05) is 38.9 Å². The second-order valence-corrected chi connectivity index (χ2v) is 10.8. The average Bonchev–Trinajstić information content (AvgIpc) is 3.12. The standard InChI is InChI=1S/C29H32N6O3/c1-29(2,3)38-27(36)32-21-10-8-16-34(18-21)23-14-15-31-26-25(23)35(28(37)33(26)5)17-20-13-12-19-9-6-7-11-22(19)24(20)30-4/h6-7,9,11-15,21H,8,10,16-18H2,1-3,5H3,(H,32,36)/t21-/m1/s1. The Morgan fingerprint density at radius 3 is 2.76 bits per heavy atom.